The van der Waals surface area contributed by atoms with E-state index in [0.29, 0.717) is 10.8 Å². The van der Waals surface area contributed by atoms with Crippen molar-refractivity contribution in [3.05, 3.63) is 28.3 Å². The lowest BCUT2D eigenvalue weighted by molar-refractivity contribution is -0.0204. The van der Waals surface area contributed by atoms with Crippen LogP contribution >= 0.6 is 0 Å². The van der Waals surface area contributed by atoms with Crippen LogP contribution < -0.4 is 0 Å². The van der Waals surface area contributed by atoms with Crippen molar-refractivity contribution < 1.29 is 5.11 Å². The van der Waals surface area contributed by atoms with Crippen LogP contribution in [0.25, 0.3) is 0 Å². The fourth-order valence-electron chi connectivity index (χ4n) is 17.5. The number of benzene rings is 1. The first-order valence-corrected chi connectivity index (χ1v) is 20.2. The minimum Gasteiger partial charge on any atom is -0.508 e. The van der Waals surface area contributed by atoms with Crippen LogP contribution in [0, 0.1) is 58.7 Å². The van der Waals surface area contributed by atoms with Crippen molar-refractivity contribution >= 4 is 0 Å². The molecule has 12 fully saturated rings. The quantitative estimate of drug-likeness (QED) is 0.352. The van der Waals surface area contributed by atoms with Crippen LogP contribution in [-0.2, 0) is 21.7 Å². The smallest absolute Gasteiger partial charge is 0.119 e. The van der Waals surface area contributed by atoms with Crippen molar-refractivity contribution in [2.75, 3.05) is 0 Å². The fourth-order valence-corrected chi connectivity index (χ4v) is 17.5. The minimum atomic E-state index is 0.111. The predicted molar refractivity (Wildman–Crippen MR) is 185 cm³/mol. The Bertz CT molecular complexity index is 1290. The summed E-state index contributed by atoms with van der Waals surface area (Å²) in [5.41, 5.74) is 8.21. The third-order valence-electron chi connectivity index (χ3n) is 16.7. The lowest BCUT2D eigenvalue weighted by Crippen LogP contribution is -2.54. The number of phenols is 1. The molecule has 246 valence electrons. The van der Waals surface area contributed by atoms with Crippen molar-refractivity contribution in [3.8, 4) is 5.75 Å². The van der Waals surface area contributed by atoms with Gasteiger partial charge in [0.05, 0.1) is 0 Å². The molecule has 0 spiro atoms. The normalized spacial score (nSPS) is 49.0. The summed E-state index contributed by atoms with van der Waals surface area (Å²) in [6.07, 6.45) is 27.4. The molecule has 0 unspecified atom stereocenters. The molecule has 12 bridgehead atoms. The van der Waals surface area contributed by atoms with Gasteiger partial charge in [-0.25, -0.2) is 0 Å². The van der Waals surface area contributed by atoms with E-state index in [4.69, 9.17) is 0 Å². The summed E-state index contributed by atoms with van der Waals surface area (Å²) >= 11 is 0. The summed E-state index contributed by atoms with van der Waals surface area (Å²) in [6, 6.07) is 2.53. The largest absolute Gasteiger partial charge is 0.508 e. The summed E-state index contributed by atoms with van der Waals surface area (Å²) in [5, 5.41) is 13.0. The van der Waals surface area contributed by atoms with E-state index in [2.05, 4.69) is 40.7 Å². The first kappa shape index (κ1) is 29.0. The molecule has 1 aromatic carbocycles. The second-order valence-corrected chi connectivity index (χ2v) is 22.3. The van der Waals surface area contributed by atoms with Crippen LogP contribution in [0.3, 0.4) is 0 Å². The van der Waals surface area contributed by atoms with Gasteiger partial charge in [0.15, 0.2) is 0 Å². The first-order chi connectivity index (χ1) is 21.3. The number of aromatic hydroxyl groups is 1. The predicted octanol–water partition coefficient (Wildman–Crippen LogP) is 11.5. The third kappa shape index (κ3) is 4.28. The zero-order valence-electron chi connectivity index (χ0n) is 29.7. The van der Waals surface area contributed by atoms with Crippen molar-refractivity contribution in [2.45, 2.75) is 178 Å². The van der Waals surface area contributed by atoms with Gasteiger partial charge < -0.3 is 5.11 Å². The minimum absolute atomic E-state index is 0.111. The Kier molecular flexibility index (Phi) is 5.90. The van der Waals surface area contributed by atoms with Crippen LogP contribution in [0.1, 0.15) is 179 Å². The topological polar surface area (TPSA) is 20.2 Å². The average Bonchev–Trinajstić information content (AvgIpc) is 2.88. The monoisotopic (exact) mass is 608 g/mol. The Labute approximate surface area is 275 Å². The molecule has 0 amide bonds. The molecule has 12 saturated carbocycles. The second-order valence-electron chi connectivity index (χ2n) is 22.3. The molecule has 13 rings (SSSR count). The molecule has 1 N–H and O–H groups in total. The van der Waals surface area contributed by atoms with Crippen molar-refractivity contribution in [2.24, 2.45) is 58.7 Å². The van der Waals surface area contributed by atoms with E-state index >= 15 is 0 Å². The lowest BCUT2D eigenvalue weighted by Gasteiger charge is -2.63. The zero-order chi connectivity index (χ0) is 30.7. The highest BCUT2D eigenvalue weighted by atomic mass is 16.3. The Balaban J connectivity index is 1.27. The Morgan fingerprint density at radius 2 is 0.822 bits per heavy atom. The molecule has 0 aliphatic heterocycles. The highest BCUT2D eigenvalue weighted by Crippen LogP contribution is 2.70. The Hall–Kier alpha value is -0.980. The van der Waals surface area contributed by atoms with E-state index in [0.717, 1.165) is 59.0 Å². The standard InChI is InChI=1S/C44H64O/c1-40(2,3)25-41(4,5)37-35(42-16-26-6-27(17-42)8-28(7-26)18-42)15-36(45)38(43-19-29-9-30(20-43)11-31(10-29)21-43)39(37)44-22-32-12-33(23-44)14-34(13-32)24-44/h15,26-34,45H,6-14,16-25H2,1-5H3. The maximum atomic E-state index is 13.0. The molecule has 45 heavy (non-hydrogen) atoms. The van der Waals surface area contributed by atoms with Crippen molar-refractivity contribution in [3.63, 3.8) is 0 Å². The van der Waals surface area contributed by atoms with E-state index in [-0.39, 0.29) is 16.2 Å². The molecule has 0 atom stereocenters. The average molecular weight is 609 g/mol. The van der Waals surface area contributed by atoms with Crippen LogP contribution in [0.15, 0.2) is 6.07 Å². The first-order valence-electron chi connectivity index (χ1n) is 20.2. The van der Waals surface area contributed by atoms with Gasteiger partial charge in [0.1, 0.15) is 5.75 Å². The van der Waals surface area contributed by atoms with Gasteiger partial charge in [0.2, 0.25) is 0 Å². The van der Waals surface area contributed by atoms with Gasteiger partial charge in [-0.1, -0.05) is 34.6 Å². The molecular weight excluding hydrogens is 544 g/mol. The molecule has 1 nitrogen and oxygen atoms in total. The Morgan fingerprint density at radius 3 is 1.16 bits per heavy atom. The SMILES string of the molecule is CC(C)(C)CC(C)(C)c1c(C23CC4CC(CC(C4)C2)C3)cc(O)c(C23CC4CC(CC(C4)C2)C3)c1C12CC3CC(CC(C3)C1)C2. The number of hydrogen-bond donors (Lipinski definition) is 1. The van der Waals surface area contributed by atoms with Crippen LogP contribution in [0.2, 0.25) is 0 Å². The summed E-state index contributed by atoms with van der Waals surface area (Å²) in [4.78, 5) is 0. The summed E-state index contributed by atoms with van der Waals surface area (Å²) in [5.74, 6) is 9.13. The molecule has 0 heterocycles. The maximum Gasteiger partial charge on any atom is 0.119 e. The Morgan fingerprint density at radius 1 is 0.511 bits per heavy atom. The van der Waals surface area contributed by atoms with E-state index in [1.54, 1.807) is 11.1 Å². The van der Waals surface area contributed by atoms with Crippen molar-refractivity contribution in [1.82, 2.24) is 0 Å². The molecule has 12 aliphatic carbocycles. The number of phenolic OH excluding ortho intramolecular Hbond substituents is 1. The number of rotatable bonds is 5. The molecule has 12 aliphatic rings. The van der Waals surface area contributed by atoms with Gasteiger partial charge in [0, 0.05) is 11.0 Å². The van der Waals surface area contributed by atoms with E-state index in [1.807, 2.05) is 11.1 Å². The zero-order valence-corrected chi connectivity index (χ0v) is 29.7. The van der Waals surface area contributed by atoms with E-state index in [1.165, 1.54) is 122 Å². The van der Waals surface area contributed by atoms with Gasteiger partial charge in [-0.2, -0.15) is 0 Å². The molecule has 1 aromatic rings. The van der Waals surface area contributed by atoms with E-state index in [9.17, 15) is 5.11 Å². The third-order valence-corrected chi connectivity index (χ3v) is 16.7. The fraction of sp³-hybridized carbons (Fsp3) is 0.864. The number of hydrogen-bond acceptors (Lipinski definition) is 1. The lowest BCUT2D eigenvalue weighted by atomic mass is 9.42. The van der Waals surface area contributed by atoms with Crippen LogP contribution in [0.4, 0.5) is 0 Å². The van der Waals surface area contributed by atoms with Crippen molar-refractivity contribution in [1.29, 1.82) is 0 Å². The van der Waals surface area contributed by atoms with Gasteiger partial charge in [-0.05, 0) is 220 Å². The van der Waals surface area contributed by atoms with Crippen LogP contribution in [0.5, 0.6) is 5.75 Å². The molecule has 0 saturated heterocycles. The van der Waals surface area contributed by atoms with Gasteiger partial charge in [-0.15, -0.1) is 0 Å². The van der Waals surface area contributed by atoms with Gasteiger partial charge in [0.25, 0.3) is 0 Å². The van der Waals surface area contributed by atoms with E-state index < -0.39 is 0 Å². The summed E-state index contributed by atoms with van der Waals surface area (Å²) in [6.45, 7) is 12.9. The molecule has 0 aromatic heterocycles. The summed E-state index contributed by atoms with van der Waals surface area (Å²) < 4.78 is 0. The van der Waals surface area contributed by atoms with Gasteiger partial charge >= 0.3 is 0 Å². The second kappa shape index (κ2) is 9.17. The van der Waals surface area contributed by atoms with Crippen LogP contribution in [-0.4, -0.2) is 5.11 Å². The highest BCUT2D eigenvalue weighted by Gasteiger charge is 2.61. The molecule has 1 heteroatoms. The highest BCUT2D eigenvalue weighted by molar-refractivity contribution is 5.61. The van der Waals surface area contributed by atoms with Gasteiger partial charge in [-0.3, -0.25) is 0 Å². The maximum absolute atomic E-state index is 13.0. The molecule has 0 radical (unpaired) electrons. The molecular formula is C44H64O. The summed E-state index contributed by atoms with van der Waals surface area (Å²) in [7, 11) is 0.